The molecule has 26 heavy (non-hydrogen) atoms. The lowest BCUT2D eigenvalue weighted by atomic mass is 9.98. The molecule has 3 rings (SSSR count). The number of amides is 2. The molecular weight excluding hydrogens is 354 g/mol. The maximum Gasteiger partial charge on any atom is 0.255 e. The summed E-state index contributed by atoms with van der Waals surface area (Å²) < 4.78 is 5.60. The van der Waals surface area contributed by atoms with Crippen molar-refractivity contribution >= 4 is 29.1 Å². The van der Waals surface area contributed by atoms with Crippen molar-refractivity contribution in [2.75, 3.05) is 31.6 Å². The fourth-order valence-corrected chi connectivity index (χ4v) is 4.25. The van der Waals surface area contributed by atoms with Gasteiger partial charge in [-0.1, -0.05) is 11.6 Å². The number of rotatable bonds is 6. The van der Waals surface area contributed by atoms with E-state index in [1.165, 1.54) is 26.3 Å². The lowest BCUT2D eigenvalue weighted by Gasteiger charge is -2.21. The molecule has 2 saturated heterocycles. The zero-order chi connectivity index (χ0) is 18.7. The number of carbonyl (C=O) groups excluding carboxylic acids is 2. The van der Waals surface area contributed by atoms with E-state index in [1.54, 1.807) is 12.1 Å². The van der Waals surface area contributed by atoms with E-state index < -0.39 is 0 Å². The van der Waals surface area contributed by atoms with Gasteiger partial charge in [-0.2, -0.15) is 0 Å². The fourth-order valence-electron chi connectivity index (χ4n) is 4.04. The van der Waals surface area contributed by atoms with Crippen LogP contribution in [0.4, 0.5) is 5.69 Å². The van der Waals surface area contributed by atoms with Crippen LogP contribution in [0.3, 0.4) is 0 Å². The summed E-state index contributed by atoms with van der Waals surface area (Å²) in [4.78, 5) is 26.6. The normalized spacial score (nSPS) is 22.1. The Balaban J connectivity index is 1.71. The summed E-state index contributed by atoms with van der Waals surface area (Å²) >= 11 is 6.23. The second-order valence-corrected chi connectivity index (χ2v) is 7.35. The van der Waals surface area contributed by atoms with Crippen LogP contribution in [0.2, 0.25) is 5.02 Å². The van der Waals surface area contributed by atoms with Gasteiger partial charge < -0.3 is 20.3 Å². The molecule has 0 unspecified atom stereocenters. The van der Waals surface area contributed by atoms with Crippen LogP contribution in [0.1, 0.15) is 43.5 Å². The highest BCUT2D eigenvalue weighted by Crippen LogP contribution is 2.33. The van der Waals surface area contributed by atoms with E-state index in [1.807, 2.05) is 6.92 Å². The first-order valence-corrected chi connectivity index (χ1v) is 9.63. The third-order valence-corrected chi connectivity index (χ3v) is 5.51. The minimum Gasteiger partial charge on any atom is -0.493 e. The van der Waals surface area contributed by atoms with Crippen molar-refractivity contribution in [1.82, 2.24) is 10.2 Å². The number of ether oxygens (including phenoxy) is 1. The molecule has 1 aromatic carbocycles. The molecule has 2 N–H and O–H groups in total. The van der Waals surface area contributed by atoms with E-state index >= 15 is 0 Å². The molecule has 142 valence electrons. The minimum absolute atomic E-state index is 0.193. The van der Waals surface area contributed by atoms with Gasteiger partial charge in [0.15, 0.2) is 0 Å². The van der Waals surface area contributed by atoms with Crippen LogP contribution in [-0.2, 0) is 4.79 Å². The monoisotopic (exact) mass is 379 g/mol. The number of benzene rings is 1. The van der Waals surface area contributed by atoms with Gasteiger partial charge in [-0.25, -0.2) is 0 Å². The van der Waals surface area contributed by atoms with Crippen molar-refractivity contribution in [3.63, 3.8) is 0 Å². The van der Waals surface area contributed by atoms with Crippen LogP contribution in [0.5, 0.6) is 5.75 Å². The van der Waals surface area contributed by atoms with Gasteiger partial charge in [0.05, 0.1) is 22.9 Å². The molecule has 7 heteroatoms. The maximum absolute atomic E-state index is 12.7. The largest absolute Gasteiger partial charge is 0.493 e. The molecule has 2 heterocycles. The van der Waals surface area contributed by atoms with Gasteiger partial charge in [0.2, 0.25) is 5.91 Å². The van der Waals surface area contributed by atoms with E-state index in [0.717, 1.165) is 13.0 Å². The highest BCUT2D eigenvalue weighted by Gasteiger charge is 2.37. The highest BCUT2D eigenvalue weighted by molar-refractivity contribution is 6.34. The van der Waals surface area contributed by atoms with Gasteiger partial charge in [-0.15, -0.1) is 0 Å². The Labute approximate surface area is 159 Å². The van der Waals surface area contributed by atoms with Crippen LogP contribution < -0.4 is 15.4 Å². The van der Waals surface area contributed by atoms with Gasteiger partial charge in [-0.3, -0.25) is 9.59 Å². The lowest BCUT2D eigenvalue weighted by molar-refractivity contribution is -0.114. The first kappa shape index (κ1) is 19.0. The number of carbonyl (C=O) groups is 2. The van der Waals surface area contributed by atoms with Crippen LogP contribution in [0.15, 0.2) is 12.1 Å². The Bertz CT molecular complexity index is 695. The lowest BCUT2D eigenvalue weighted by Crippen LogP contribution is -2.35. The average Bonchev–Trinajstić information content (AvgIpc) is 3.19. The van der Waals surface area contributed by atoms with Crippen molar-refractivity contribution in [2.24, 2.45) is 5.92 Å². The molecule has 0 spiro atoms. The third kappa shape index (κ3) is 4.13. The van der Waals surface area contributed by atoms with Crippen molar-refractivity contribution in [2.45, 2.75) is 39.2 Å². The summed E-state index contributed by atoms with van der Waals surface area (Å²) in [6, 6.07) is 3.77. The molecule has 6 nitrogen and oxygen atoms in total. The smallest absolute Gasteiger partial charge is 0.255 e. The van der Waals surface area contributed by atoms with Gasteiger partial charge >= 0.3 is 0 Å². The molecule has 1 aromatic rings. The second kappa shape index (κ2) is 8.27. The molecule has 0 bridgehead atoms. The average molecular weight is 380 g/mol. The number of nitrogens with one attached hydrogen (secondary N) is 2. The van der Waals surface area contributed by atoms with Crippen molar-refractivity contribution in [3.8, 4) is 5.75 Å². The summed E-state index contributed by atoms with van der Waals surface area (Å²) in [5.74, 6) is 0.508. The summed E-state index contributed by atoms with van der Waals surface area (Å²) in [5.41, 5.74) is 0.837. The maximum atomic E-state index is 12.7. The van der Waals surface area contributed by atoms with E-state index in [-0.39, 0.29) is 11.8 Å². The summed E-state index contributed by atoms with van der Waals surface area (Å²) in [5, 5.41) is 6.02. The molecule has 2 atom stereocenters. The fraction of sp³-hybridized carbons (Fsp3) is 0.579. The Hall–Kier alpha value is -1.79. The molecule has 2 fully saturated rings. The van der Waals surface area contributed by atoms with Crippen molar-refractivity contribution in [1.29, 1.82) is 0 Å². The Morgan fingerprint density at radius 3 is 2.85 bits per heavy atom. The Kier molecular flexibility index (Phi) is 6.04. The predicted octanol–water partition coefficient (Wildman–Crippen LogP) is 2.91. The SMILES string of the molecule is CCOc1cc(NC(C)=O)c(Cl)cc1C(=O)NC[C@@H]1CCN2CCC[C@@H]12. The molecule has 2 aliphatic rings. The van der Waals surface area contributed by atoms with Gasteiger partial charge in [0.25, 0.3) is 5.91 Å². The number of fused-ring (bicyclic) bond motifs is 1. The van der Waals surface area contributed by atoms with E-state index in [2.05, 4.69) is 15.5 Å². The van der Waals surface area contributed by atoms with E-state index in [4.69, 9.17) is 16.3 Å². The Morgan fingerprint density at radius 2 is 2.12 bits per heavy atom. The molecule has 0 aromatic heterocycles. The van der Waals surface area contributed by atoms with Crippen LogP contribution in [-0.4, -0.2) is 49.0 Å². The second-order valence-electron chi connectivity index (χ2n) is 6.95. The number of anilines is 1. The van der Waals surface area contributed by atoms with Crippen LogP contribution >= 0.6 is 11.6 Å². The topological polar surface area (TPSA) is 70.7 Å². The standard InChI is InChI=1S/C19H26ClN3O3/c1-3-26-18-10-16(22-12(2)24)15(20)9-14(18)19(25)21-11-13-6-8-23-7-4-5-17(13)23/h9-10,13,17H,3-8,11H2,1-2H3,(H,21,25)(H,22,24)/t13-,17-/m0/s1. The minimum atomic E-state index is -0.228. The number of hydrogen-bond acceptors (Lipinski definition) is 4. The first-order valence-electron chi connectivity index (χ1n) is 9.25. The molecular formula is C19H26ClN3O3. The zero-order valence-corrected chi connectivity index (χ0v) is 16.1. The van der Waals surface area contributed by atoms with Crippen LogP contribution in [0, 0.1) is 5.92 Å². The molecule has 0 aliphatic carbocycles. The van der Waals surface area contributed by atoms with Crippen molar-refractivity contribution < 1.29 is 14.3 Å². The quantitative estimate of drug-likeness (QED) is 0.797. The molecule has 0 radical (unpaired) electrons. The Morgan fingerprint density at radius 1 is 1.31 bits per heavy atom. The van der Waals surface area contributed by atoms with Gasteiger partial charge in [0.1, 0.15) is 5.75 Å². The van der Waals surface area contributed by atoms with Crippen molar-refractivity contribution in [3.05, 3.63) is 22.7 Å². The van der Waals surface area contributed by atoms with Gasteiger partial charge in [-0.05, 0) is 51.3 Å². The highest BCUT2D eigenvalue weighted by atomic mass is 35.5. The van der Waals surface area contributed by atoms with Crippen LogP contribution in [0.25, 0.3) is 0 Å². The molecule has 2 amide bonds. The summed E-state index contributed by atoms with van der Waals surface area (Å²) in [6.45, 7) is 6.65. The number of nitrogens with zero attached hydrogens (tertiary/aromatic N) is 1. The first-order chi connectivity index (χ1) is 12.5. The van der Waals surface area contributed by atoms with E-state index in [9.17, 15) is 9.59 Å². The number of halogens is 1. The number of hydrogen-bond donors (Lipinski definition) is 2. The summed E-state index contributed by atoms with van der Waals surface area (Å²) in [7, 11) is 0. The van der Waals surface area contributed by atoms with Gasteiger partial charge in [0, 0.05) is 25.6 Å². The molecule has 2 aliphatic heterocycles. The molecule has 0 saturated carbocycles. The van der Waals surface area contributed by atoms with E-state index in [0.29, 0.717) is 47.1 Å². The predicted molar refractivity (Wildman–Crippen MR) is 102 cm³/mol. The summed E-state index contributed by atoms with van der Waals surface area (Å²) in [6.07, 6.45) is 3.61. The zero-order valence-electron chi connectivity index (χ0n) is 15.3. The third-order valence-electron chi connectivity index (χ3n) is 5.19.